The summed E-state index contributed by atoms with van der Waals surface area (Å²) < 4.78 is 23.7. The van der Waals surface area contributed by atoms with Crippen LogP contribution in [0.5, 0.6) is 5.75 Å². The third-order valence-electron chi connectivity index (χ3n) is 2.78. The van der Waals surface area contributed by atoms with Crippen molar-refractivity contribution in [3.8, 4) is 17.2 Å². The molecule has 1 heterocycles. The number of hydrogen-bond acceptors (Lipinski definition) is 5. The molecule has 0 atom stereocenters. The average molecular weight is 285 g/mol. The van der Waals surface area contributed by atoms with Crippen LogP contribution in [-0.2, 0) is 6.61 Å². The molecule has 0 bridgehead atoms. The molecule has 5 nitrogen and oxygen atoms in total. The van der Waals surface area contributed by atoms with Crippen molar-refractivity contribution < 1.29 is 13.5 Å². The number of anilines is 1. The van der Waals surface area contributed by atoms with Crippen LogP contribution in [-0.4, -0.2) is 10.2 Å². The van der Waals surface area contributed by atoms with Gasteiger partial charge in [0.1, 0.15) is 11.6 Å². The molecule has 0 aliphatic rings. The minimum absolute atomic E-state index is 0.112. The number of rotatable bonds is 4. The van der Waals surface area contributed by atoms with Crippen LogP contribution >= 0.6 is 0 Å². The topological polar surface area (TPSA) is 74.2 Å². The lowest BCUT2D eigenvalue weighted by molar-refractivity contribution is 0.264. The number of nitrogens with zero attached hydrogens (tertiary/aromatic N) is 2. The van der Waals surface area contributed by atoms with Gasteiger partial charge in [-0.3, -0.25) is 0 Å². The van der Waals surface area contributed by atoms with Crippen molar-refractivity contribution in [2.24, 2.45) is 0 Å². The zero-order valence-corrected chi connectivity index (χ0v) is 11.0. The fourth-order valence-electron chi connectivity index (χ4n) is 1.78. The fraction of sp³-hybridized carbons (Fsp3) is 0.0667. The summed E-state index contributed by atoms with van der Waals surface area (Å²) in [6, 6.07) is 12.9. The molecule has 1 aromatic heterocycles. The summed E-state index contributed by atoms with van der Waals surface area (Å²) in [4.78, 5) is 0. The van der Waals surface area contributed by atoms with Gasteiger partial charge in [0.25, 0.3) is 5.89 Å². The Morgan fingerprint density at radius 1 is 1.10 bits per heavy atom. The van der Waals surface area contributed by atoms with Gasteiger partial charge < -0.3 is 14.9 Å². The lowest BCUT2D eigenvalue weighted by Crippen LogP contribution is -1.95. The van der Waals surface area contributed by atoms with Gasteiger partial charge in [0.05, 0.1) is 0 Å². The summed E-state index contributed by atoms with van der Waals surface area (Å²) >= 11 is 0. The normalized spacial score (nSPS) is 10.5. The predicted molar refractivity (Wildman–Crippen MR) is 74.9 cm³/mol. The molecule has 0 radical (unpaired) electrons. The molecule has 6 heteroatoms. The minimum atomic E-state index is -0.316. The number of hydrogen-bond donors (Lipinski definition) is 1. The monoisotopic (exact) mass is 285 g/mol. The van der Waals surface area contributed by atoms with E-state index in [-0.39, 0.29) is 12.4 Å². The molecule has 0 saturated carbocycles. The van der Waals surface area contributed by atoms with Crippen LogP contribution in [0.4, 0.5) is 10.1 Å². The van der Waals surface area contributed by atoms with Crippen LogP contribution in [0.25, 0.3) is 11.5 Å². The van der Waals surface area contributed by atoms with Crippen molar-refractivity contribution in [1.82, 2.24) is 10.2 Å². The second kappa shape index (κ2) is 5.62. The second-order valence-electron chi connectivity index (χ2n) is 4.37. The van der Waals surface area contributed by atoms with Crippen molar-refractivity contribution in [3.05, 3.63) is 60.2 Å². The summed E-state index contributed by atoms with van der Waals surface area (Å²) in [6.07, 6.45) is 0. The molecule has 2 N–H and O–H groups in total. The van der Waals surface area contributed by atoms with E-state index in [0.717, 1.165) is 5.56 Å². The first-order valence-corrected chi connectivity index (χ1v) is 6.27. The van der Waals surface area contributed by atoms with E-state index in [2.05, 4.69) is 10.2 Å². The second-order valence-corrected chi connectivity index (χ2v) is 4.37. The zero-order valence-electron chi connectivity index (χ0n) is 11.0. The zero-order chi connectivity index (χ0) is 14.7. The summed E-state index contributed by atoms with van der Waals surface area (Å²) in [7, 11) is 0. The van der Waals surface area contributed by atoms with E-state index >= 15 is 0 Å². The summed E-state index contributed by atoms with van der Waals surface area (Å²) in [5, 5.41) is 7.84. The third-order valence-corrected chi connectivity index (χ3v) is 2.78. The van der Waals surface area contributed by atoms with Gasteiger partial charge in [-0.25, -0.2) is 4.39 Å². The van der Waals surface area contributed by atoms with Crippen LogP contribution in [0.15, 0.2) is 52.9 Å². The highest BCUT2D eigenvalue weighted by atomic mass is 19.1. The van der Waals surface area contributed by atoms with E-state index in [0.29, 0.717) is 23.2 Å². The Hall–Kier alpha value is -2.89. The molecule has 0 fully saturated rings. The Kier molecular flexibility index (Phi) is 3.51. The maximum absolute atomic E-state index is 12.8. The molecular formula is C15H12FN3O2. The lowest BCUT2D eigenvalue weighted by Gasteiger charge is -2.02. The van der Waals surface area contributed by atoms with Crippen molar-refractivity contribution >= 4 is 5.69 Å². The Labute approximate surface area is 120 Å². The molecule has 0 saturated heterocycles. The first-order valence-electron chi connectivity index (χ1n) is 6.27. The Bertz CT molecular complexity index is 741. The molecule has 2 aromatic carbocycles. The van der Waals surface area contributed by atoms with E-state index < -0.39 is 0 Å². The highest BCUT2D eigenvalue weighted by Crippen LogP contribution is 2.20. The predicted octanol–water partition coefficient (Wildman–Crippen LogP) is 3.04. The molecule has 21 heavy (non-hydrogen) atoms. The number of nitrogens with two attached hydrogens (primary N) is 1. The maximum atomic E-state index is 12.8. The molecule has 0 aliphatic heterocycles. The minimum Gasteiger partial charge on any atom is -0.484 e. The van der Waals surface area contributed by atoms with Crippen LogP contribution in [0.3, 0.4) is 0 Å². The van der Waals surface area contributed by atoms with Crippen molar-refractivity contribution in [2.75, 3.05) is 5.73 Å². The molecule has 106 valence electrons. The molecule has 3 aromatic rings. The van der Waals surface area contributed by atoms with Gasteiger partial charge in [-0.2, -0.15) is 0 Å². The summed E-state index contributed by atoms with van der Waals surface area (Å²) in [5.41, 5.74) is 7.07. The quantitative estimate of drug-likeness (QED) is 0.746. The highest BCUT2D eigenvalue weighted by Gasteiger charge is 2.09. The third kappa shape index (κ3) is 3.17. The first-order chi connectivity index (χ1) is 10.2. The lowest BCUT2D eigenvalue weighted by atomic mass is 10.2. The molecular weight excluding hydrogens is 273 g/mol. The van der Waals surface area contributed by atoms with E-state index in [9.17, 15) is 4.39 Å². The fourth-order valence-corrected chi connectivity index (χ4v) is 1.78. The summed E-state index contributed by atoms with van der Waals surface area (Å²) in [5.74, 6) is 0.918. The SMILES string of the molecule is Nc1cccc(-c2nnc(COc3ccc(F)cc3)o2)c1. The number of ether oxygens (including phenoxy) is 1. The summed E-state index contributed by atoms with van der Waals surface area (Å²) in [6.45, 7) is 0.112. The number of benzene rings is 2. The molecule has 3 rings (SSSR count). The smallest absolute Gasteiger partial charge is 0.254 e. The molecule has 0 spiro atoms. The largest absolute Gasteiger partial charge is 0.484 e. The van der Waals surface area contributed by atoms with Crippen LogP contribution in [0.2, 0.25) is 0 Å². The Morgan fingerprint density at radius 3 is 2.67 bits per heavy atom. The maximum Gasteiger partial charge on any atom is 0.254 e. The van der Waals surface area contributed by atoms with Gasteiger partial charge in [-0.05, 0) is 42.5 Å². The number of aromatic nitrogens is 2. The standard InChI is InChI=1S/C15H12FN3O2/c16-11-4-6-13(7-5-11)20-9-14-18-19-15(21-14)10-2-1-3-12(17)8-10/h1-8H,9,17H2. The first kappa shape index (κ1) is 13.1. The molecule has 0 amide bonds. The van der Waals surface area contributed by atoms with Crippen molar-refractivity contribution in [3.63, 3.8) is 0 Å². The molecule has 0 unspecified atom stereocenters. The van der Waals surface area contributed by atoms with Gasteiger partial charge in [-0.1, -0.05) is 6.07 Å². The van der Waals surface area contributed by atoms with Crippen LogP contribution in [0, 0.1) is 5.82 Å². The van der Waals surface area contributed by atoms with E-state index in [1.165, 1.54) is 24.3 Å². The van der Waals surface area contributed by atoms with E-state index in [1.54, 1.807) is 12.1 Å². The van der Waals surface area contributed by atoms with Gasteiger partial charge in [0.2, 0.25) is 5.89 Å². The van der Waals surface area contributed by atoms with Crippen LogP contribution < -0.4 is 10.5 Å². The van der Waals surface area contributed by atoms with Gasteiger partial charge in [0.15, 0.2) is 6.61 Å². The Balaban J connectivity index is 1.69. The highest BCUT2D eigenvalue weighted by molar-refractivity contribution is 5.59. The number of nitrogen functional groups attached to an aromatic ring is 1. The van der Waals surface area contributed by atoms with E-state index in [1.807, 2.05) is 12.1 Å². The van der Waals surface area contributed by atoms with Crippen LogP contribution in [0.1, 0.15) is 5.89 Å². The van der Waals surface area contributed by atoms with Gasteiger partial charge >= 0.3 is 0 Å². The average Bonchev–Trinajstić information content (AvgIpc) is 2.96. The van der Waals surface area contributed by atoms with Crippen molar-refractivity contribution in [1.29, 1.82) is 0 Å². The Morgan fingerprint density at radius 2 is 1.90 bits per heavy atom. The number of halogens is 1. The van der Waals surface area contributed by atoms with Crippen molar-refractivity contribution in [2.45, 2.75) is 6.61 Å². The van der Waals surface area contributed by atoms with Gasteiger partial charge in [-0.15, -0.1) is 10.2 Å². The van der Waals surface area contributed by atoms with E-state index in [4.69, 9.17) is 14.9 Å². The van der Waals surface area contributed by atoms with Gasteiger partial charge in [0, 0.05) is 11.3 Å². The molecule has 0 aliphatic carbocycles.